The van der Waals surface area contributed by atoms with Gasteiger partial charge in [0.1, 0.15) is 0 Å². The molecule has 0 radical (unpaired) electrons. The van der Waals surface area contributed by atoms with Crippen LogP contribution >= 0.6 is 23.2 Å². The van der Waals surface area contributed by atoms with Crippen molar-refractivity contribution >= 4 is 40.8 Å². The molecule has 0 atom stereocenters. The number of nitrogens with one attached hydrogen (secondary N) is 1. The van der Waals surface area contributed by atoms with Gasteiger partial charge in [-0.25, -0.2) is 0 Å². The van der Waals surface area contributed by atoms with E-state index >= 15 is 0 Å². The summed E-state index contributed by atoms with van der Waals surface area (Å²) in [7, 11) is 0. The molecule has 0 aromatic heterocycles. The lowest BCUT2D eigenvalue weighted by Gasteiger charge is -2.09. The Bertz CT molecular complexity index is 714. The molecule has 0 saturated heterocycles. The lowest BCUT2D eigenvalue weighted by molar-refractivity contribution is -0.146. The van der Waals surface area contributed by atoms with Gasteiger partial charge in [0.15, 0.2) is 6.61 Å². The van der Waals surface area contributed by atoms with E-state index < -0.39 is 11.9 Å². The minimum absolute atomic E-state index is 0.0840. The first-order valence-electron chi connectivity index (χ1n) is 6.90. The maximum atomic E-state index is 11.8. The van der Waals surface area contributed by atoms with Crippen molar-refractivity contribution in [2.24, 2.45) is 0 Å². The highest BCUT2D eigenvalue weighted by Crippen LogP contribution is 2.20. The third-order valence-electron chi connectivity index (χ3n) is 3.10. The highest BCUT2D eigenvalue weighted by Gasteiger charge is 2.10. The zero-order chi connectivity index (χ0) is 16.8. The van der Waals surface area contributed by atoms with Crippen LogP contribution in [-0.2, 0) is 20.7 Å². The van der Waals surface area contributed by atoms with E-state index in [1.807, 2.05) is 6.92 Å². The topological polar surface area (TPSA) is 55.4 Å². The predicted molar refractivity (Wildman–Crippen MR) is 90.9 cm³/mol. The fourth-order valence-corrected chi connectivity index (χ4v) is 2.18. The van der Waals surface area contributed by atoms with Crippen molar-refractivity contribution in [3.8, 4) is 0 Å². The fourth-order valence-electron chi connectivity index (χ4n) is 1.88. The number of halogens is 2. The number of esters is 1. The van der Waals surface area contributed by atoms with Crippen LogP contribution in [0.15, 0.2) is 42.5 Å². The van der Waals surface area contributed by atoms with Gasteiger partial charge in [-0.15, -0.1) is 0 Å². The Morgan fingerprint density at radius 3 is 2.39 bits per heavy atom. The number of anilines is 1. The Morgan fingerprint density at radius 2 is 1.70 bits per heavy atom. The van der Waals surface area contributed by atoms with E-state index in [9.17, 15) is 9.59 Å². The molecule has 120 valence electrons. The predicted octanol–water partition coefficient (Wildman–Crippen LogP) is 4.03. The summed E-state index contributed by atoms with van der Waals surface area (Å²) < 4.78 is 4.96. The highest BCUT2D eigenvalue weighted by molar-refractivity contribution is 6.31. The third kappa shape index (κ3) is 5.58. The molecule has 6 heteroatoms. The number of aryl methyl sites for hydroxylation is 1. The lowest BCUT2D eigenvalue weighted by Crippen LogP contribution is -2.22. The van der Waals surface area contributed by atoms with Crippen LogP contribution in [0.3, 0.4) is 0 Å². The van der Waals surface area contributed by atoms with Crippen LogP contribution in [0.2, 0.25) is 10.0 Å². The lowest BCUT2D eigenvalue weighted by atomic mass is 10.1. The Balaban J connectivity index is 1.83. The molecule has 0 aliphatic rings. The summed E-state index contributed by atoms with van der Waals surface area (Å²) in [6.07, 6.45) is 0.0840. The monoisotopic (exact) mass is 351 g/mol. The average Bonchev–Trinajstić information content (AvgIpc) is 2.51. The summed E-state index contributed by atoms with van der Waals surface area (Å²) in [6.45, 7) is 1.50. The van der Waals surface area contributed by atoms with Crippen LogP contribution in [0.5, 0.6) is 0 Å². The summed E-state index contributed by atoms with van der Waals surface area (Å²) in [4.78, 5) is 23.5. The van der Waals surface area contributed by atoms with Crippen LogP contribution in [0.25, 0.3) is 0 Å². The molecule has 0 unspecified atom stereocenters. The van der Waals surface area contributed by atoms with Gasteiger partial charge in [-0.2, -0.15) is 0 Å². The van der Waals surface area contributed by atoms with Crippen molar-refractivity contribution in [1.82, 2.24) is 0 Å². The minimum Gasteiger partial charge on any atom is -0.455 e. The summed E-state index contributed by atoms with van der Waals surface area (Å²) in [5.41, 5.74) is 2.23. The second-order valence-electron chi connectivity index (χ2n) is 4.97. The van der Waals surface area contributed by atoms with Crippen LogP contribution in [-0.4, -0.2) is 18.5 Å². The van der Waals surface area contributed by atoms with Gasteiger partial charge < -0.3 is 10.1 Å². The van der Waals surface area contributed by atoms with E-state index in [0.29, 0.717) is 15.7 Å². The highest BCUT2D eigenvalue weighted by atomic mass is 35.5. The molecule has 0 fully saturated rings. The Morgan fingerprint density at radius 1 is 1.04 bits per heavy atom. The number of carbonyl (C=O) groups excluding carboxylic acids is 2. The molecule has 23 heavy (non-hydrogen) atoms. The number of hydrogen-bond acceptors (Lipinski definition) is 3. The van der Waals surface area contributed by atoms with E-state index in [2.05, 4.69) is 5.32 Å². The Kier molecular flexibility index (Phi) is 6.02. The molecule has 0 heterocycles. The molecule has 0 aliphatic heterocycles. The van der Waals surface area contributed by atoms with E-state index in [1.165, 1.54) is 0 Å². The van der Waals surface area contributed by atoms with E-state index in [0.717, 1.165) is 11.1 Å². The zero-order valence-electron chi connectivity index (χ0n) is 12.4. The van der Waals surface area contributed by atoms with E-state index in [1.54, 1.807) is 42.5 Å². The van der Waals surface area contributed by atoms with Gasteiger partial charge in [0.25, 0.3) is 5.91 Å². The van der Waals surface area contributed by atoms with E-state index in [-0.39, 0.29) is 13.0 Å². The quantitative estimate of drug-likeness (QED) is 0.827. The number of benzene rings is 2. The molecule has 0 spiro atoms. The molecule has 1 amide bonds. The van der Waals surface area contributed by atoms with Gasteiger partial charge in [-0.3, -0.25) is 9.59 Å². The van der Waals surface area contributed by atoms with Gasteiger partial charge in [0.05, 0.1) is 6.42 Å². The van der Waals surface area contributed by atoms with Gasteiger partial charge >= 0.3 is 5.97 Å². The van der Waals surface area contributed by atoms with Gasteiger partial charge in [0, 0.05) is 15.7 Å². The SMILES string of the molecule is Cc1ccc(Cl)cc1NC(=O)COC(=O)Cc1ccc(Cl)cc1. The molecular weight excluding hydrogens is 337 g/mol. The normalized spacial score (nSPS) is 10.2. The molecule has 0 saturated carbocycles. The average molecular weight is 352 g/mol. The number of amides is 1. The molecule has 2 aromatic carbocycles. The van der Waals surface area contributed by atoms with Crippen molar-refractivity contribution in [2.75, 3.05) is 11.9 Å². The molecule has 0 bridgehead atoms. The van der Waals surface area contributed by atoms with Crippen LogP contribution < -0.4 is 5.32 Å². The Labute approximate surface area is 144 Å². The number of ether oxygens (including phenoxy) is 1. The van der Waals surface area contributed by atoms with Crippen molar-refractivity contribution in [3.05, 3.63) is 63.6 Å². The second-order valence-corrected chi connectivity index (χ2v) is 5.84. The number of carbonyl (C=O) groups is 2. The smallest absolute Gasteiger partial charge is 0.310 e. The maximum Gasteiger partial charge on any atom is 0.310 e. The minimum atomic E-state index is -0.481. The first-order valence-corrected chi connectivity index (χ1v) is 7.66. The summed E-state index contributed by atoms with van der Waals surface area (Å²) >= 11 is 11.7. The Hall–Kier alpha value is -2.04. The van der Waals surface area contributed by atoms with E-state index in [4.69, 9.17) is 27.9 Å². The summed E-state index contributed by atoms with van der Waals surface area (Å²) in [5.74, 6) is -0.898. The van der Waals surface area contributed by atoms with Gasteiger partial charge in [-0.1, -0.05) is 41.4 Å². The number of rotatable bonds is 5. The summed E-state index contributed by atoms with van der Waals surface area (Å²) in [5, 5.41) is 3.77. The molecule has 2 rings (SSSR count). The van der Waals surface area contributed by atoms with Crippen molar-refractivity contribution in [3.63, 3.8) is 0 Å². The molecule has 0 aliphatic carbocycles. The molecular formula is C17H15Cl2NO3. The van der Waals surface area contributed by atoms with Crippen molar-refractivity contribution in [2.45, 2.75) is 13.3 Å². The van der Waals surface area contributed by atoms with Crippen LogP contribution in [0.4, 0.5) is 5.69 Å². The van der Waals surface area contributed by atoms with Crippen molar-refractivity contribution in [1.29, 1.82) is 0 Å². The third-order valence-corrected chi connectivity index (χ3v) is 3.59. The van der Waals surface area contributed by atoms with Gasteiger partial charge in [0.2, 0.25) is 0 Å². The largest absolute Gasteiger partial charge is 0.455 e. The number of hydrogen-bond donors (Lipinski definition) is 1. The van der Waals surface area contributed by atoms with Crippen molar-refractivity contribution < 1.29 is 14.3 Å². The summed E-state index contributed by atoms with van der Waals surface area (Å²) in [6, 6.07) is 12.0. The zero-order valence-corrected chi connectivity index (χ0v) is 13.9. The van der Waals surface area contributed by atoms with Gasteiger partial charge in [-0.05, 0) is 42.3 Å². The van der Waals surface area contributed by atoms with Crippen LogP contribution in [0.1, 0.15) is 11.1 Å². The molecule has 4 nitrogen and oxygen atoms in total. The standard InChI is InChI=1S/C17H15Cl2NO3/c1-11-2-5-14(19)9-15(11)20-16(21)10-23-17(22)8-12-3-6-13(18)7-4-12/h2-7,9H,8,10H2,1H3,(H,20,21). The molecule has 2 aromatic rings. The molecule has 1 N–H and O–H groups in total. The first kappa shape index (κ1) is 17.3. The van der Waals surface area contributed by atoms with Crippen LogP contribution in [0, 0.1) is 6.92 Å². The fraction of sp³-hybridized carbons (Fsp3) is 0.176. The first-order chi connectivity index (χ1) is 10.9. The second kappa shape index (κ2) is 7.99. The maximum absolute atomic E-state index is 11.8.